The van der Waals surface area contributed by atoms with Gasteiger partial charge in [-0.05, 0) is 42.7 Å². The lowest BCUT2D eigenvalue weighted by Gasteiger charge is -2.18. The minimum absolute atomic E-state index is 0.0205. The molecule has 2 aromatic carbocycles. The topological polar surface area (TPSA) is 78.0 Å². The Labute approximate surface area is 148 Å². The summed E-state index contributed by atoms with van der Waals surface area (Å²) in [6.45, 7) is 1.45. The fraction of sp³-hybridized carbons (Fsp3) is 0.158. The molecule has 0 unspecified atom stereocenters. The number of Topliss-reactive ketones (excluding diaryl/α,β-unsaturated/α-hetero) is 1. The quantitative estimate of drug-likeness (QED) is 0.407. The Morgan fingerprint density at radius 1 is 1.19 bits per heavy atom. The van der Waals surface area contributed by atoms with Crippen molar-refractivity contribution in [3.05, 3.63) is 75.2 Å². The zero-order valence-electron chi connectivity index (χ0n) is 13.9. The molecular weight excluding hydrogens is 337 g/mol. The molecule has 0 amide bonds. The normalized spacial score (nSPS) is 12.4. The van der Waals surface area contributed by atoms with Gasteiger partial charge < -0.3 is 0 Å². The molecule has 0 aliphatic heterocycles. The Morgan fingerprint density at radius 2 is 1.92 bits per heavy atom. The molecule has 0 bridgehead atoms. The summed E-state index contributed by atoms with van der Waals surface area (Å²) < 4.78 is 14.9. The minimum atomic E-state index is -0.445. The number of ketones is 1. The van der Waals surface area contributed by atoms with Crippen molar-refractivity contribution >= 4 is 11.5 Å². The third-order valence-electron chi connectivity index (χ3n) is 4.59. The van der Waals surface area contributed by atoms with E-state index in [1.807, 2.05) is 0 Å². The van der Waals surface area contributed by atoms with E-state index in [1.165, 1.54) is 31.2 Å². The highest BCUT2D eigenvalue weighted by Gasteiger charge is 2.28. The van der Waals surface area contributed by atoms with Crippen LogP contribution in [-0.2, 0) is 12.8 Å². The van der Waals surface area contributed by atoms with Crippen LogP contribution in [0.1, 0.15) is 28.5 Å². The first-order valence-electron chi connectivity index (χ1n) is 8.12. The van der Waals surface area contributed by atoms with Crippen LogP contribution in [-0.4, -0.2) is 20.5 Å². The fourth-order valence-electron chi connectivity index (χ4n) is 3.39. The predicted octanol–water partition coefficient (Wildman–Crippen LogP) is 3.89. The Balaban J connectivity index is 2.01. The Kier molecular flexibility index (Phi) is 3.64. The number of aromatic nitrogens is 2. The van der Waals surface area contributed by atoms with Crippen molar-refractivity contribution in [2.75, 3.05) is 0 Å². The van der Waals surface area contributed by atoms with Crippen molar-refractivity contribution in [3.63, 3.8) is 0 Å². The predicted molar refractivity (Wildman–Crippen MR) is 93.0 cm³/mol. The van der Waals surface area contributed by atoms with Gasteiger partial charge in [0.05, 0.1) is 16.3 Å². The molecule has 1 aromatic heterocycles. The van der Waals surface area contributed by atoms with E-state index in [0.29, 0.717) is 35.5 Å². The van der Waals surface area contributed by atoms with Crippen LogP contribution in [0.3, 0.4) is 0 Å². The van der Waals surface area contributed by atoms with Gasteiger partial charge in [-0.25, -0.2) is 9.07 Å². The van der Waals surface area contributed by atoms with Crippen LogP contribution < -0.4 is 0 Å². The lowest BCUT2D eigenvalue weighted by Crippen LogP contribution is -2.08. The largest absolute Gasteiger partial charge is 0.293 e. The molecule has 130 valence electrons. The van der Waals surface area contributed by atoms with Gasteiger partial charge in [-0.2, -0.15) is 5.10 Å². The minimum Gasteiger partial charge on any atom is -0.293 e. The van der Waals surface area contributed by atoms with Crippen molar-refractivity contribution in [3.8, 4) is 16.9 Å². The molecule has 0 saturated carbocycles. The summed E-state index contributed by atoms with van der Waals surface area (Å²) in [5, 5.41) is 15.6. The van der Waals surface area contributed by atoms with Crippen LogP contribution in [0.4, 0.5) is 10.1 Å². The monoisotopic (exact) mass is 351 g/mol. The number of nitrogens with zero attached hydrogens (tertiary/aromatic N) is 3. The standard InChI is InChI=1S/C19H14FN3O3/c1-11(24)18-16-9-3-12-2-6-15(23(25)26)10-17(12)19(16)22(21-18)14-7-4-13(20)5-8-14/h2,4-8,10H,3,9H2,1H3. The van der Waals surface area contributed by atoms with Crippen molar-refractivity contribution in [2.45, 2.75) is 19.8 Å². The highest BCUT2D eigenvalue weighted by molar-refractivity contribution is 5.96. The molecule has 1 aliphatic carbocycles. The van der Waals surface area contributed by atoms with Crippen LogP contribution in [0.2, 0.25) is 0 Å². The average Bonchev–Trinajstić information content (AvgIpc) is 3.02. The Hall–Kier alpha value is -3.35. The fourth-order valence-corrected chi connectivity index (χ4v) is 3.39. The number of hydrogen-bond donors (Lipinski definition) is 0. The molecule has 6 nitrogen and oxygen atoms in total. The van der Waals surface area contributed by atoms with Crippen LogP contribution in [0, 0.1) is 15.9 Å². The molecular formula is C19H14FN3O3. The molecule has 7 heteroatoms. The van der Waals surface area contributed by atoms with E-state index in [2.05, 4.69) is 5.10 Å². The summed E-state index contributed by atoms with van der Waals surface area (Å²) in [7, 11) is 0. The second-order valence-electron chi connectivity index (χ2n) is 6.22. The summed E-state index contributed by atoms with van der Waals surface area (Å²) in [5.41, 5.74) is 4.00. The molecule has 0 N–H and O–H groups in total. The lowest BCUT2D eigenvalue weighted by atomic mass is 9.88. The van der Waals surface area contributed by atoms with Gasteiger partial charge in [0.15, 0.2) is 5.78 Å². The second-order valence-corrected chi connectivity index (χ2v) is 6.22. The maximum absolute atomic E-state index is 13.3. The number of halogens is 1. The SMILES string of the molecule is CC(=O)c1nn(-c2ccc(F)cc2)c2c1CCc1ccc([N+](=O)[O-])cc1-2. The van der Waals surface area contributed by atoms with Crippen molar-refractivity contribution < 1.29 is 14.1 Å². The van der Waals surface area contributed by atoms with Gasteiger partial charge >= 0.3 is 0 Å². The molecule has 0 atom stereocenters. The van der Waals surface area contributed by atoms with Crippen LogP contribution >= 0.6 is 0 Å². The van der Waals surface area contributed by atoms with Crippen molar-refractivity contribution in [1.82, 2.24) is 9.78 Å². The third-order valence-corrected chi connectivity index (χ3v) is 4.59. The lowest BCUT2D eigenvalue weighted by molar-refractivity contribution is -0.384. The number of carbonyl (C=O) groups excluding carboxylic acids is 1. The van der Waals surface area contributed by atoms with Crippen LogP contribution in [0.25, 0.3) is 16.9 Å². The molecule has 1 heterocycles. The smallest absolute Gasteiger partial charge is 0.270 e. The molecule has 26 heavy (non-hydrogen) atoms. The maximum Gasteiger partial charge on any atom is 0.270 e. The first-order chi connectivity index (χ1) is 12.5. The number of aryl methyl sites for hydroxylation is 1. The zero-order valence-corrected chi connectivity index (χ0v) is 13.9. The van der Waals surface area contributed by atoms with Gasteiger partial charge in [-0.1, -0.05) is 6.07 Å². The third kappa shape index (κ3) is 2.48. The highest BCUT2D eigenvalue weighted by Crippen LogP contribution is 2.38. The number of nitro groups is 1. The summed E-state index contributed by atoms with van der Waals surface area (Å²) in [4.78, 5) is 22.8. The van der Waals surface area contributed by atoms with Crippen molar-refractivity contribution in [2.24, 2.45) is 0 Å². The first kappa shape index (κ1) is 16.1. The molecule has 1 aliphatic rings. The van der Waals surface area contributed by atoms with E-state index in [0.717, 1.165) is 11.1 Å². The summed E-state index contributed by atoms with van der Waals surface area (Å²) in [6.07, 6.45) is 1.30. The van der Waals surface area contributed by atoms with Gasteiger partial charge in [-0.3, -0.25) is 14.9 Å². The molecule has 0 radical (unpaired) electrons. The Morgan fingerprint density at radius 3 is 2.58 bits per heavy atom. The number of non-ortho nitro benzene ring substituents is 1. The maximum atomic E-state index is 13.3. The van der Waals surface area contributed by atoms with Crippen molar-refractivity contribution in [1.29, 1.82) is 0 Å². The number of rotatable bonds is 3. The van der Waals surface area contributed by atoms with Crippen LogP contribution in [0.5, 0.6) is 0 Å². The highest BCUT2D eigenvalue weighted by atomic mass is 19.1. The number of carbonyl (C=O) groups is 1. The van der Waals surface area contributed by atoms with Gasteiger partial charge in [-0.15, -0.1) is 0 Å². The van der Waals surface area contributed by atoms with E-state index in [9.17, 15) is 19.3 Å². The molecule has 0 spiro atoms. The average molecular weight is 351 g/mol. The van der Waals surface area contributed by atoms with E-state index in [1.54, 1.807) is 22.9 Å². The van der Waals surface area contributed by atoms with E-state index >= 15 is 0 Å². The van der Waals surface area contributed by atoms with Gasteiger partial charge in [0.2, 0.25) is 0 Å². The van der Waals surface area contributed by atoms with E-state index in [-0.39, 0.29) is 17.3 Å². The first-order valence-corrected chi connectivity index (χ1v) is 8.12. The van der Waals surface area contributed by atoms with E-state index < -0.39 is 4.92 Å². The van der Waals surface area contributed by atoms with Gasteiger partial charge in [0.25, 0.3) is 5.69 Å². The summed E-state index contributed by atoms with van der Waals surface area (Å²) >= 11 is 0. The van der Waals surface area contributed by atoms with Gasteiger partial charge in [0, 0.05) is 30.2 Å². The van der Waals surface area contributed by atoms with E-state index in [4.69, 9.17) is 0 Å². The summed E-state index contributed by atoms with van der Waals surface area (Å²) in [6, 6.07) is 10.5. The van der Waals surface area contributed by atoms with Crippen LogP contribution in [0.15, 0.2) is 42.5 Å². The molecule has 3 aromatic rings. The second kappa shape index (κ2) is 5.87. The Bertz CT molecular complexity index is 1050. The zero-order chi connectivity index (χ0) is 18.4. The number of fused-ring (bicyclic) bond motifs is 3. The number of hydrogen-bond acceptors (Lipinski definition) is 4. The molecule has 0 fully saturated rings. The molecule has 4 rings (SSSR count). The molecule has 0 saturated heterocycles. The number of nitro benzene ring substituents is 1. The summed E-state index contributed by atoms with van der Waals surface area (Å²) in [5.74, 6) is -0.548. The number of benzene rings is 2. The van der Waals surface area contributed by atoms with Gasteiger partial charge in [0.1, 0.15) is 11.5 Å².